The predicted molar refractivity (Wildman–Crippen MR) is 95.7 cm³/mol. The summed E-state index contributed by atoms with van der Waals surface area (Å²) < 4.78 is 4.67. The predicted octanol–water partition coefficient (Wildman–Crippen LogP) is 2.64. The highest BCUT2D eigenvalue weighted by molar-refractivity contribution is 5.95. The summed E-state index contributed by atoms with van der Waals surface area (Å²) in [4.78, 5) is 25.3. The van der Waals surface area contributed by atoms with Crippen LogP contribution in [0.5, 0.6) is 0 Å². The lowest BCUT2D eigenvalue weighted by molar-refractivity contribution is -0.135. The molecule has 0 radical (unpaired) electrons. The monoisotopic (exact) mass is 336 g/mol. The molecule has 1 aromatic carbocycles. The molecule has 5 nitrogen and oxygen atoms in total. The summed E-state index contributed by atoms with van der Waals surface area (Å²) in [6.07, 6.45) is 4.17. The third-order valence-electron chi connectivity index (χ3n) is 4.53. The summed E-state index contributed by atoms with van der Waals surface area (Å²) in [7, 11) is 1.33. The van der Waals surface area contributed by atoms with Crippen LogP contribution in [0.2, 0.25) is 0 Å². The second-order valence-electron chi connectivity index (χ2n) is 6.26. The van der Waals surface area contributed by atoms with E-state index in [4.69, 9.17) is 5.73 Å². The van der Waals surface area contributed by atoms with Gasteiger partial charge in [0.05, 0.1) is 7.11 Å². The van der Waals surface area contributed by atoms with Crippen molar-refractivity contribution in [3.05, 3.63) is 58.5 Å². The Labute approximate surface area is 146 Å². The van der Waals surface area contributed by atoms with E-state index < -0.39 is 5.97 Å². The number of methoxy groups -OCH3 is 1. The minimum Gasteiger partial charge on any atom is -0.465 e. The number of benzene rings is 1. The molecule has 1 aliphatic carbocycles. The molecule has 2 unspecified atom stereocenters. The first-order valence-corrected chi connectivity index (χ1v) is 8.14. The molecule has 1 aliphatic heterocycles. The number of ether oxygens (including phenoxy) is 1. The first-order valence-electron chi connectivity index (χ1n) is 8.14. The highest BCUT2D eigenvalue weighted by Gasteiger charge is 2.30. The van der Waals surface area contributed by atoms with Crippen molar-refractivity contribution in [2.24, 2.45) is 5.73 Å². The number of allylic oxidation sites excluding steroid dienone is 2. The van der Waals surface area contributed by atoms with Gasteiger partial charge in [-0.05, 0) is 48.8 Å². The topological polar surface area (TPSA) is 72.6 Å². The molecule has 0 bridgehead atoms. The zero-order chi connectivity index (χ0) is 18.1. The van der Waals surface area contributed by atoms with Gasteiger partial charge in [0, 0.05) is 30.3 Å². The molecule has 2 aliphatic rings. The molecule has 2 N–H and O–H groups in total. The number of hydrogen-bond acceptors (Lipinski definition) is 4. The average Bonchev–Trinajstić information content (AvgIpc) is 2.60. The van der Waals surface area contributed by atoms with E-state index >= 15 is 0 Å². The Balaban J connectivity index is 2.06. The Kier molecular flexibility index (Phi) is 4.47. The lowest BCUT2D eigenvalue weighted by Crippen LogP contribution is -2.43. The van der Waals surface area contributed by atoms with Gasteiger partial charge in [0.25, 0.3) is 0 Å². The summed E-state index contributed by atoms with van der Waals surface area (Å²) in [5.74, 6) is -0.433. The SMILES string of the molecule is COC(=O)C1=C=C=C(c2ccc3c(c2)C(N)CC(C)N3C(C)=O)C=C1. The van der Waals surface area contributed by atoms with Gasteiger partial charge in [-0.1, -0.05) is 17.5 Å². The number of fused-ring (bicyclic) bond motifs is 1. The quantitative estimate of drug-likeness (QED) is 0.666. The van der Waals surface area contributed by atoms with Gasteiger partial charge in [-0.3, -0.25) is 4.79 Å². The molecule has 1 heterocycles. The van der Waals surface area contributed by atoms with Crippen LogP contribution in [0.15, 0.2) is 47.4 Å². The van der Waals surface area contributed by atoms with Crippen molar-refractivity contribution in [2.75, 3.05) is 12.0 Å². The number of anilines is 1. The second-order valence-corrected chi connectivity index (χ2v) is 6.26. The Morgan fingerprint density at radius 3 is 2.64 bits per heavy atom. The first-order chi connectivity index (χ1) is 11.9. The van der Waals surface area contributed by atoms with Crippen molar-refractivity contribution < 1.29 is 14.3 Å². The molecule has 5 heteroatoms. The van der Waals surface area contributed by atoms with E-state index in [-0.39, 0.29) is 18.0 Å². The molecular weight excluding hydrogens is 316 g/mol. The van der Waals surface area contributed by atoms with Crippen LogP contribution < -0.4 is 10.6 Å². The second kappa shape index (κ2) is 6.58. The van der Waals surface area contributed by atoms with Crippen LogP contribution in [0.3, 0.4) is 0 Å². The number of amides is 1. The normalized spacial score (nSPS) is 21.4. The first kappa shape index (κ1) is 17.0. The highest BCUT2D eigenvalue weighted by Crippen LogP contribution is 2.37. The van der Waals surface area contributed by atoms with Gasteiger partial charge in [-0.15, -0.1) is 0 Å². The number of carbonyl (C=O) groups excluding carboxylic acids is 2. The van der Waals surface area contributed by atoms with Crippen LogP contribution >= 0.6 is 0 Å². The average molecular weight is 336 g/mol. The minimum atomic E-state index is -0.443. The van der Waals surface area contributed by atoms with Gasteiger partial charge >= 0.3 is 5.97 Å². The Morgan fingerprint density at radius 1 is 1.28 bits per heavy atom. The van der Waals surface area contributed by atoms with Gasteiger partial charge in [0.1, 0.15) is 5.57 Å². The van der Waals surface area contributed by atoms with Crippen molar-refractivity contribution in [1.29, 1.82) is 0 Å². The number of carbonyl (C=O) groups is 2. The number of nitrogens with two attached hydrogens (primary N) is 1. The van der Waals surface area contributed by atoms with Gasteiger partial charge in [-0.2, -0.15) is 0 Å². The van der Waals surface area contributed by atoms with Crippen LogP contribution in [0.4, 0.5) is 5.69 Å². The van der Waals surface area contributed by atoms with Gasteiger partial charge in [0.15, 0.2) is 0 Å². The molecule has 0 spiro atoms. The maximum Gasteiger partial charge on any atom is 0.346 e. The van der Waals surface area contributed by atoms with Crippen molar-refractivity contribution in [3.8, 4) is 0 Å². The molecule has 3 rings (SSSR count). The minimum absolute atomic E-state index is 0.00993. The zero-order valence-corrected chi connectivity index (χ0v) is 14.5. The fourth-order valence-corrected chi connectivity index (χ4v) is 3.34. The van der Waals surface area contributed by atoms with E-state index in [0.29, 0.717) is 12.0 Å². The van der Waals surface area contributed by atoms with Gasteiger partial charge in [-0.25, -0.2) is 4.79 Å². The summed E-state index contributed by atoms with van der Waals surface area (Å²) >= 11 is 0. The molecule has 0 fully saturated rings. The van der Waals surface area contributed by atoms with E-state index in [1.54, 1.807) is 24.0 Å². The Hall–Kier alpha value is -2.84. The number of esters is 1. The van der Waals surface area contributed by atoms with E-state index in [9.17, 15) is 9.59 Å². The molecule has 0 saturated carbocycles. The molecular formula is C20H20N2O3. The lowest BCUT2D eigenvalue weighted by Gasteiger charge is -2.37. The standard InChI is InChI=1S/C20H20N2O3/c1-12-10-18(21)17-11-16(8-9-19(17)22(12)13(2)23)14-4-6-15(7-5-14)20(24)25-3/h4,6,8-9,11-12,18H,10,21H2,1-3H3. The smallest absolute Gasteiger partial charge is 0.346 e. The van der Waals surface area contributed by atoms with Crippen molar-refractivity contribution >= 4 is 23.1 Å². The molecule has 0 aromatic heterocycles. The van der Waals surface area contributed by atoms with Crippen LogP contribution in [0.25, 0.3) is 5.57 Å². The van der Waals surface area contributed by atoms with Crippen LogP contribution in [-0.2, 0) is 14.3 Å². The maximum atomic E-state index is 12.0. The van der Waals surface area contributed by atoms with Crippen molar-refractivity contribution in [1.82, 2.24) is 0 Å². The van der Waals surface area contributed by atoms with E-state index in [2.05, 4.69) is 16.2 Å². The van der Waals surface area contributed by atoms with Crippen molar-refractivity contribution in [2.45, 2.75) is 32.4 Å². The van der Waals surface area contributed by atoms with Crippen molar-refractivity contribution in [3.63, 3.8) is 0 Å². The zero-order valence-electron chi connectivity index (χ0n) is 14.5. The summed E-state index contributed by atoms with van der Waals surface area (Å²) in [6, 6.07) is 5.78. The molecule has 0 saturated heterocycles. The van der Waals surface area contributed by atoms with Crippen LogP contribution in [0.1, 0.15) is 37.4 Å². The summed E-state index contributed by atoms with van der Waals surface area (Å²) in [5, 5.41) is 0. The molecule has 2 atom stereocenters. The van der Waals surface area contributed by atoms with Gasteiger partial charge in [0.2, 0.25) is 5.91 Å². The largest absolute Gasteiger partial charge is 0.465 e. The van der Waals surface area contributed by atoms with Crippen LogP contribution in [-0.4, -0.2) is 25.0 Å². The molecule has 25 heavy (non-hydrogen) atoms. The Morgan fingerprint density at radius 2 is 2.04 bits per heavy atom. The fourth-order valence-electron chi connectivity index (χ4n) is 3.34. The maximum absolute atomic E-state index is 12.0. The molecule has 128 valence electrons. The van der Waals surface area contributed by atoms with Crippen LogP contribution in [0, 0.1) is 0 Å². The summed E-state index contributed by atoms with van der Waals surface area (Å²) in [5.41, 5.74) is 16.0. The third kappa shape index (κ3) is 3.09. The molecule has 1 amide bonds. The van der Waals surface area contributed by atoms with Gasteiger partial charge < -0.3 is 15.4 Å². The van der Waals surface area contributed by atoms with E-state index in [1.807, 2.05) is 25.1 Å². The van der Waals surface area contributed by atoms with E-state index in [1.165, 1.54) is 7.11 Å². The Bertz CT molecular complexity index is 884. The third-order valence-corrected chi connectivity index (χ3v) is 4.53. The lowest BCUT2D eigenvalue weighted by atomic mass is 9.89. The van der Waals surface area contributed by atoms with E-state index in [0.717, 1.165) is 22.4 Å². The number of rotatable bonds is 2. The number of hydrogen-bond donors (Lipinski definition) is 1. The fraction of sp³-hybridized carbons (Fsp3) is 0.300. The number of nitrogens with zero attached hydrogens (tertiary/aromatic N) is 1. The molecule has 1 aromatic rings. The highest BCUT2D eigenvalue weighted by atomic mass is 16.5. The summed E-state index contributed by atoms with van der Waals surface area (Å²) in [6.45, 7) is 3.58.